The van der Waals surface area contributed by atoms with Crippen molar-refractivity contribution in [1.29, 1.82) is 0 Å². The molecule has 3 aromatic rings. The summed E-state index contributed by atoms with van der Waals surface area (Å²) in [5.74, 6) is -1.52. The van der Waals surface area contributed by atoms with Gasteiger partial charge in [0.05, 0.1) is 28.6 Å². The number of carbonyl (C=O) groups is 3. The third-order valence-electron chi connectivity index (χ3n) is 5.12. The van der Waals surface area contributed by atoms with E-state index < -0.39 is 22.9 Å². The van der Waals surface area contributed by atoms with Gasteiger partial charge in [-0.25, -0.2) is 9.18 Å². The van der Waals surface area contributed by atoms with Crippen molar-refractivity contribution >= 4 is 69.8 Å². The number of benzene rings is 3. The summed E-state index contributed by atoms with van der Waals surface area (Å²) in [5, 5.41) is 0.150. The zero-order chi connectivity index (χ0) is 26.7. The Hall–Kier alpha value is -3.04. The molecule has 4 rings (SSSR count). The molecule has 3 aromatic carbocycles. The summed E-state index contributed by atoms with van der Waals surface area (Å²) in [6, 6.07) is 12.9. The van der Waals surface area contributed by atoms with E-state index in [2.05, 4.69) is 0 Å². The fourth-order valence-electron chi connectivity index (χ4n) is 3.38. The van der Waals surface area contributed by atoms with Crippen molar-refractivity contribution < 1.29 is 28.2 Å². The van der Waals surface area contributed by atoms with Crippen LogP contribution in [-0.2, 0) is 11.3 Å². The zero-order valence-corrected chi connectivity index (χ0v) is 22.2. The third kappa shape index (κ3) is 6.27. The Balaban J connectivity index is 1.58. The van der Waals surface area contributed by atoms with Crippen molar-refractivity contribution in [3.63, 3.8) is 0 Å². The second kappa shape index (κ2) is 11.6. The van der Waals surface area contributed by atoms with E-state index in [9.17, 15) is 18.8 Å². The molecule has 0 bridgehead atoms. The summed E-state index contributed by atoms with van der Waals surface area (Å²) < 4.78 is 24.5. The lowest BCUT2D eigenvalue weighted by Crippen LogP contribution is -2.27. The molecule has 2 amide bonds. The number of amides is 2. The van der Waals surface area contributed by atoms with Gasteiger partial charge in [-0.05, 0) is 84.4 Å². The van der Waals surface area contributed by atoms with Crippen LogP contribution in [0, 0.1) is 5.82 Å². The highest BCUT2D eigenvalue weighted by Crippen LogP contribution is 2.40. The van der Waals surface area contributed by atoms with E-state index in [0.717, 1.165) is 22.7 Å². The highest BCUT2D eigenvalue weighted by atomic mass is 35.5. The largest absolute Gasteiger partial charge is 0.490 e. The summed E-state index contributed by atoms with van der Waals surface area (Å²) in [6.07, 6.45) is 1.48. The maximum absolute atomic E-state index is 13.3. The van der Waals surface area contributed by atoms with Crippen LogP contribution >= 0.6 is 46.6 Å². The fraction of sp³-hybridized carbons (Fsp3) is 0.115. The topological polar surface area (TPSA) is 72.9 Å². The van der Waals surface area contributed by atoms with Gasteiger partial charge in [-0.3, -0.25) is 14.5 Å². The monoisotopic (exact) mass is 579 g/mol. The van der Waals surface area contributed by atoms with E-state index in [1.54, 1.807) is 25.1 Å². The number of halogens is 4. The van der Waals surface area contributed by atoms with E-state index >= 15 is 0 Å². The number of hydrogen-bond acceptors (Lipinski definition) is 6. The Morgan fingerprint density at radius 1 is 1.03 bits per heavy atom. The van der Waals surface area contributed by atoms with Gasteiger partial charge in [-0.1, -0.05) is 40.9 Å². The molecule has 1 heterocycles. The molecule has 0 N–H and O–H groups in total. The lowest BCUT2D eigenvalue weighted by Gasteiger charge is -2.14. The highest BCUT2D eigenvalue weighted by molar-refractivity contribution is 8.18. The Kier molecular flexibility index (Phi) is 8.44. The van der Waals surface area contributed by atoms with Crippen molar-refractivity contribution in [2.24, 2.45) is 0 Å². The number of hydrogen-bond donors (Lipinski definition) is 0. The second-order valence-corrected chi connectivity index (χ2v) is 9.91. The maximum Gasteiger partial charge on any atom is 0.343 e. The highest BCUT2D eigenvalue weighted by Gasteiger charge is 2.35. The normalized spacial score (nSPS) is 14.4. The first-order valence-corrected chi connectivity index (χ1v) is 12.7. The molecule has 1 aliphatic heterocycles. The van der Waals surface area contributed by atoms with Gasteiger partial charge in [0.1, 0.15) is 5.82 Å². The molecule has 6 nitrogen and oxygen atoms in total. The average molecular weight is 581 g/mol. The number of nitrogens with zero attached hydrogens (tertiary/aromatic N) is 1. The molecular weight excluding hydrogens is 564 g/mol. The van der Waals surface area contributed by atoms with Gasteiger partial charge in [0, 0.05) is 10.0 Å². The lowest BCUT2D eigenvalue weighted by molar-refractivity contribution is -0.123. The fourth-order valence-corrected chi connectivity index (χ4v) is 4.83. The van der Waals surface area contributed by atoms with Crippen LogP contribution in [0.15, 0.2) is 59.5 Å². The molecule has 0 aliphatic carbocycles. The molecule has 0 saturated carbocycles. The summed E-state index contributed by atoms with van der Waals surface area (Å²) in [4.78, 5) is 39.2. The number of ether oxygens (including phenoxy) is 2. The minimum atomic E-state index is -0.659. The molecule has 1 saturated heterocycles. The first kappa shape index (κ1) is 27.0. The van der Waals surface area contributed by atoms with Crippen LogP contribution in [0.25, 0.3) is 6.08 Å². The second-order valence-electron chi connectivity index (χ2n) is 7.66. The van der Waals surface area contributed by atoms with E-state index in [0.29, 0.717) is 16.1 Å². The van der Waals surface area contributed by atoms with E-state index in [1.807, 2.05) is 0 Å². The van der Waals surface area contributed by atoms with Crippen molar-refractivity contribution in [3.8, 4) is 11.5 Å². The standard InChI is InChI=1S/C26H17Cl3FNO5S/c1-2-35-21-10-14(9-20(29)23(21)36-25(33)15-3-6-17(27)7-4-15)11-22-24(32)31(26(34)37-22)13-16-5-8-18(30)12-19(16)28/h3-12H,2,13H2,1H3/b22-11-. The van der Waals surface area contributed by atoms with Crippen molar-refractivity contribution in [2.45, 2.75) is 13.5 Å². The number of rotatable bonds is 7. The Morgan fingerprint density at radius 2 is 1.76 bits per heavy atom. The SMILES string of the molecule is CCOc1cc(/C=C2\SC(=O)N(Cc3ccc(F)cc3Cl)C2=O)cc(Cl)c1OC(=O)c1ccc(Cl)cc1. The smallest absolute Gasteiger partial charge is 0.343 e. The van der Waals surface area contributed by atoms with Gasteiger partial charge < -0.3 is 9.47 Å². The summed E-state index contributed by atoms with van der Waals surface area (Å²) in [7, 11) is 0. The van der Waals surface area contributed by atoms with Crippen LogP contribution in [0.4, 0.5) is 9.18 Å². The van der Waals surface area contributed by atoms with Crippen LogP contribution in [0.5, 0.6) is 11.5 Å². The predicted molar refractivity (Wildman–Crippen MR) is 142 cm³/mol. The van der Waals surface area contributed by atoms with Gasteiger partial charge in [-0.15, -0.1) is 0 Å². The lowest BCUT2D eigenvalue weighted by atomic mass is 10.1. The molecule has 190 valence electrons. The molecule has 0 atom stereocenters. The maximum atomic E-state index is 13.3. The molecular formula is C26H17Cl3FNO5S. The quantitative estimate of drug-likeness (QED) is 0.162. The van der Waals surface area contributed by atoms with Crippen LogP contribution in [-0.4, -0.2) is 28.6 Å². The number of carbonyl (C=O) groups excluding carboxylic acids is 3. The molecule has 11 heteroatoms. The molecule has 0 radical (unpaired) electrons. The molecule has 1 fully saturated rings. The molecule has 0 unspecified atom stereocenters. The van der Waals surface area contributed by atoms with Crippen LogP contribution in [0.2, 0.25) is 15.1 Å². The van der Waals surface area contributed by atoms with Crippen molar-refractivity contribution in [2.75, 3.05) is 6.61 Å². The Labute approximate surface area is 230 Å². The van der Waals surface area contributed by atoms with Gasteiger partial charge in [0.2, 0.25) is 0 Å². The molecule has 0 aromatic heterocycles. The average Bonchev–Trinajstić information content (AvgIpc) is 3.10. The summed E-state index contributed by atoms with van der Waals surface area (Å²) in [5.41, 5.74) is 1.15. The minimum absolute atomic E-state index is 0.0136. The Bertz CT molecular complexity index is 1430. The third-order valence-corrected chi connectivity index (χ3v) is 6.91. The van der Waals surface area contributed by atoms with Crippen molar-refractivity contribution in [1.82, 2.24) is 4.90 Å². The minimum Gasteiger partial charge on any atom is -0.490 e. The van der Waals surface area contributed by atoms with E-state index in [4.69, 9.17) is 44.3 Å². The molecule has 37 heavy (non-hydrogen) atoms. The van der Waals surface area contributed by atoms with Gasteiger partial charge in [0.15, 0.2) is 11.5 Å². The van der Waals surface area contributed by atoms with Gasteiger partial charge >= 0.3 is 5.97 Å². The van der Waals surface area contributed by atoms with Crippen LogP contribution in [0.1, 0.15) is 28.4 Å². The Morgan fingerprint density at radius 3 is 2.43 bits per heavy atom. The number of thioether (sulfide) groups is 1. The summed E-state index contributed by atoms with van der Waals surface area (Å²) in [6.45, 7) is 1.89. The first-order valence-electron chi connectivity index (χ1n) is 10.8. The van der Waals surface area contributed by atoms with E-state index in [-0.39, 0.29) is 45.2 Å². The van der Waals surface area contributed by atoms with Gasteiger partial charge in [-0.2, -0.15) is 0 Å². The van der Waals surface area contributed by atoms with Crippen LogP contribution < -0.4 is 9.47 Å². The van der Waals surface area contributed by atoms with Crippen molar-refractivity contribution in [3.05, 3.63) is 97.1 Å². The first-order chi connectivity index (χ1) is 17.7. The molecule has 0 spiro atoms. The van der Waals surface area contributed by atoms with E-state index in [1.165, 1.54) is 36.4 Å². The van der Waals surface area contributed by atoms with Gasteiger partial charge in [0.25, 0.3) is 11.1 Å². The predicted octanol–water partition coefficient (Wildman–Crippen LogP) is 7.64. The zero-order valence-electron chi connectivity index (χ0n) is 19.1. The molecule has 1 aliphatic rings. The number of esters is 1. The van der Waals surface area contributed by atoms with Crippen LogP contribution in [0.3, 0.4) is 0 Å². The summed E-state index contributed by atoms with van der Waals surface area (Å²) >= 11 is 19.1. The number of imide groups is 1.